The van der Waals surface area contributed by atoms with Gasteiger partial charge in [-0.25, -0.2) is 9.18 Å². The second-order valence-corrected chi connectivity index (χ2v) is 4.34. The molecule has 0 unspecified atom stereocenters. The van der Waals surface area contributed by atoms with Crippen LogP contribution in [0.4, 0.5) is 4.39 Å². The van der Waals surface area contributed by atoms with Gasteiger partial charge in [0.1, 0.15) is 5.75 Å². The summed E-state index contributed by atoms with van der Waals surface area (Å²) in [7, 11) is 0. The average molecular weight is 281 g/mol. The Bertz CT molecular complexity index is 641. The summed E-state index contributed by atoms with van der Waals surface area (Å²) in [6.45, 7) is 1.64. The van der Waals surface area contributed by atoms with E-state index in [0.717, 1.165) is 0 Å². The quantitative estimate of drug-likeness (QED) is 0.913. The Morgan fingerprint density at radius 1 is 1.32 bits per heavy atom. The summed E-state index contributed by atoms with van der Waals surface area (Å²) in [5.41, 5.74) is 0.714. The first-order valence-corrected chi connectivity index (χ1v) is 5.82. The molecule has 0 amide bonds. The monoisotopic (exact) mass is 280 g/mol. The molecule has 0 aromatic heterocycles. The molecule has 19 heavy (non-hydrogen) atoms. The molecule has 0 radical (unpaired) electrons. The van der Waals surface area contributed by atoms with Crippen molar-refractivity contribution >= 4 is 17.6 Å². The van der Waals surface area contributed by atoms with E-state index in [1.807, 2.05) is 0 Å². The summed E-state index contributed by atoms with van der Waals surface area (Å²) in [4.78, 5) is 10.9. The third kappa shape index (κ3) is 2.85. The maximum atomic E-state index is 13.6. The molecule has 0 saturated heterocycles. The number of hydrogen-bond acceptors (Lipinski definition) is 2. The van der Waals surface area contributed by atoms with Gasteiger partial charge in [0, 0.05) is 0 Å². The maximum Gasteiger partial charge on any atom is 0.335 e. The van der Waals surface area contributed by atoms with Gasteiger partial charge in [-0.3, -0.25) is 0 Å². The van der Waals surface area contributed by atoms with Crippen LogP contribution in [-0.4, -0.2) is 11.1 Å². The lowest BCUT2D eigenvalue weighted by Gasteiger charge is -2.09. The minimum absolute atomic E-state index is 0.00465. The molecule has 0 aliphatic carbocycles. The fourth-order valence-corrected chi connectivity index (χ4v) is 1.80. The normalized spacial score (nSPS) is 10.3. The largest absolute Gasteiger partial charge is 0.478 e. The lowest BCUT2D eigenvalue weighted by Crippen LogP contribution is -1.99. The van der Waals surface area contributed by atoms with Crippen LogP contribution in [0.25, 0.3) is 0 Å². The number of hydrogen-bond donors (Lipinski definition) is 1. The Balaban J connectivity index is 2.32. The molecular weight excluding hydrogens is 271 g/mol. The number of benzene rings is 2. The first-order chi connectivity index (χ1) is 8.99. The minimum atomic E-state index is -1.02. The van der Waals surface area contributed by atoms with E-state index in [-0.39, 0.29) is 16.3 Å². The van der Waals surface area contributed by atoms with Gasteiger partial charge < -0.3 is 9.84 Å². The van der Waals surface area contributed by atoms with E-state index >= 15 is 0 Å². The van der Waals surface area contributed by atoms with Gasteiger partial charge in [0.15, 0.2) is 11.6 Å². The van der Waals surface area contributed by atoms with Crippen LogP contribution in [0.3, 0.4) is 0 Å². The molecule has 2 rings (SSSR count). The van der Waals surface area contributed by atoms with Crippen LogP contribution in [0.1, 0.15) is 15.9 Å². The van der Waals surface area contributed by atoms with Crippen LogP contribution in [-0.2, 0) is 0 Å². The van der Waals surface area contributed by atoms with Gasteiger partial charge in [0.05, 0.1) is 10.6 Å². The molecular formula is C14H10ClFO3. The van der Waals surface area contributed by atoms with E-state index in [1.54, 1.807) is 13.0 Å². The number of aromatic carboxylic acids is 1. The molecule has 0 aliphatic heterocycles. The second kappa shape index (κ2) is 5.28. The molecule has 0 fully saturated rings. The van der Waals surface area contributed by atoms with Crippen molar-refractivity contribution in [2.24, 2.45) is 0 Å². The number of halogens is 2. The predicted molar refractivity (Wildman–Crippen MR) is 69.6 cm³/mol. The van der Waals surface area contributed by atoms with Gasteiger partial charge in [-0.05, 0) is 42.8 Å². The highest BCUT2D eigenvalue weighted by atomic mass is 35.5. The zero-order chi connectivity index (χ0) is 14.0. The van der Waals surface area contributed by atoms with Crippen LogP contribution < -0.4 is 4.74 Å². The third-order valence-electron chi connectivity index (χ3n) is 2.57. The number of ether oxygens (including phenoxy) is 1. The zero-order valence-electron chi connectivity index (χ0n) is 9.98. The maximum absolute atomic E-state index is 13.6. The van der Waals surface area contributed by atoms with Crippen molar-refractivity contribution in [3.63, 3.8) is 0 Å². The zero-order valence-corrected chi connectivity index (χ0v) is 10.7. The first-order valence-electron chi connectivity index (χ1n) is 5.45. The molecule has 0 spiro atoms. The van der Waals surface area contributed by atoms with Crippen molar-refractivity contribution in [1.29, 1.82) is 0 Å². The van der Waals surface area contributed by atoms with Crippen LogP contribution in [0.5, 0.6) is 11.5 Å². The third-order valence-corrected chi connectivity index (χ3v) is 2.86. The van der Waals surface area contributed by atoms with Crippen molar-refractivity contribution in [2.45, 2.75) is 6.92 Å². The van der Waals surface area contributed by atoms with Crippen molar-refractivity contribution in [3.8, 4) is 11.5 Å². The molecule has 0 saturated carbocycles. The summed E-state index contributed by atoms with van der Waals surface area (Å²) < 4.78 is 19.0. The van der Waals surface area contributed by atoms with Crippen LogP contribution >= 0.6 is 11.6 Å². The highest BCUT2D eigenvalue weighted by Gasteiger charge is 2.11. The number of rotatable bonds is 3. The smallest absolute Gasteiger partial charge is 0.335 e. The van der Waals surface area contributed by atoms with E-state index in [1.165, 1.54) is 30.3 Å². The predicted octanol–water partition coefficient (Wildman–Crippen LogP) is 4.28. The SMILES string of the molecule is Cc1cc(Oc2cccc(Cl)c2F)ccc1C(=O)O. The van der Waals surface area contributed by atoms with Crippen LogP contribution in [0.2, 0.25) is 5.02 Å². The molecule has 5 heteroatoms. The van der Waals surface area contributed by atoms with E-state index in [9.17, 15) is 9.18 Å². The fraction of sp³-hybridized carbons (Fsp3) is 0.0714. The summed E-state index contributed by atoms with van der Waals surface area (Å²) in [5, 5.41) is 8.88. The van der Waals surface area contributed by atoms with Gasteiger partial charge in [-0.2, -0.15) is 0 Å². The Hall–Kier alpha value is -2.07. The van der Waals surface area contributed by atoms with Crippen LogP contribution in [0, 0.1) is 12.7 Å². The lowest BCUT2D eigenvalue weighted by atomic mass is 10.1. The molecule has 3 nitrogen and oxygen atoms in total. The van der Waals surface area contributed by atoms with E-state index in [0.29, 0.717) is 11.3 Å². The van der Waals surface area contributed by atoms with E-state index in [2.05, 4.69) is 0 Å². The standard InChI is InChI=1S/C14H10ClFO3/c1-8-7-9(5-6-10(8)14(17)18)19-12-4-2-3-11(15)13(12)16/h2-7H,1H3,(H,17,18). The Morgan fingerprint density at radius 3 is 2.68 bits per heavy atom. The first kappa shape index (κ1) is 13.4. The molecule has 0 atom stereocenters. The molecule has 0 aliphatic rings. The second-order valence-electron chi connectivity index (χ2n) is 3.94. The molecule has 0 heterocycles. The number of carbonyl (C=O) groups is 1. The van der Waals surface area contributed by atoms with Crippen molar-refractivity contribution in [3.05, 3.63) is 58.4 Å². The Morgan fingerprint density at radius 2 is 2.05 bits per heavy atom. The van der Waals surface area contributed by atoms with Gasteiger partial charge in [0.25, 0.3) is 0 Å². The van der Waals surface area contributed by atoms with E-state index in [4.69, 9.17) is 21.4 Å². The van der Waals surface area contributed by atoms with Gasteiger partial charge in [-0.1, -0.05) is 17.7 Å². The molecule has 2 aromatic carbocycles. The van der Waals surface area contributed by atoms with Gasteiger partial charge in [-0.15, -0.1) is 0 Å². The summed E-state index contributed by atoms with van der Waals surface area (Å²) >= 11 is 5.65. The summed E-state index contributed by atoms with van der Waals surface area (Å²) in [6.07, 6.45) is 0. The fourth-order valence-electron chi connectivity index (χ4n) is 1.63. The summed E-state index contributed by atoms with van der Waals surface area (Å²) in [6, 6.07) is 8.85. The van der Waals surface area contributed by atoms with Crippen LogP contribution in [0.15, 0.2) is 36.4 Å². The molecule has 98 valence electrons. The van der Waals surface area contributed by atoms with Gasteiger partial charge in [0.2, 0.25) is 0 Å². The number of aryl methyl sites for hydroxylation is 1. The number of carboxylic acid groups (broad SMARTS) is 1. The van der Waals surface area contributed by atoms with Crippen molar-refractivity contribution in [2.75, 3.05) is 0 Å². The van der Waals surface area contributed by atoms with Crippen molar-refractivity contribution < 1.29 is 19.0 Å². The highest BCUT2D eigenvalue weighted by Crippen LogP contribution is 2.29. The summed E-state index contributed by atoms with van der Waals surface area (Å²) in [5.74, 6) is -1.32. The topological polar surface area (TPSA) is 46.5 Å². The molecule has 1 N–H and O–H groups in total. The lowest BCUT2D eigenvalue weighted by molar-refractivity contribution is 0.0696. The average Bonchev–Trinajstić information content (AvgIpc) is 2.34. The van der Waals surface area contributed by atoms with E-state index < -0.39 is 11.8 Å². The highest BCUT2D eigenvalue weighted by molar-refractivity contribution is 6.30. The Kier molecular flexibility index (Phi) is 3.71. The minimum Gasteiger partial charge on any atom is -0.478 e. The Labute approximate surface area is 114 Å². The molecule has 0 bridgehead atoms. The number of carboxylic acids is 1. The van der Waals surface area contributed by atoms with Gasteiger partial charge >= 0.3 is 5.97 Å². The van der Waals surface area contributed by atoms with Crippen molar-refractivity contribution in [1.82, 2.24) is 0 Å². The molecule has 2 aromatic rings.